The van der Waals surface area contributed by atoms with Crippen LogP contribution in [0.1, 0.15) is 136 Å². The molecule has 60 heavy (non-hydrogen) atoms. The number of Topliss-reactive ketones (excluding diaryl/α,β-unsaturated/α-hetero) is 1. The minimum atomic E-state index is -1.18. The highest BCUT2D eigenvalue weighted by atomic mass is 16.5. The predicted octanol–water partition coefficient (Wildman–Crippen LogP) is 3.53. The fourth-order valence-electron chi connectivity index (χ4n) is 5.59. The first-order valence-electron chi connectivity index (χ1n) is 21.6. The minimum absolute atomic E-state index is 0.0253. The number of ketones is 1. The van der Waals surface area contributed by atoms with Gasteiger partial charge in [-0.25, -0.2) is 9.59 Å². The zero-order valence-electron chi connectivity index (χ0n) is 36.4. The van der Waals surface area contributed by atoms with Crippen LogP contribution >= 0.6 is 0 Å². The van der Waals surface area contributed by atoms with E-state index in [2.05, 4.69) is 33.6 Å². The number of aliphatic carboxylic acids is 2. The van der Waals surface area contributed by atoms with Gasteiger partial charge in [0.2, 0.25) is 23.6 Å². The summed E-state index contributed by atoms with van der Waals surface area (Å²) in [5.74, 6) is -3.56. The molecule has 18 nitrogen and oxygen atoms in total. The van der Waals surface area contributed by atoms with Gasteiger partial charge < -0.3 is 61.0 Å². The third kappa shape index (κ3) is 42.0. The molecular formula is C42H77N5O13. The van der Waals surface area contributed by atoms with Gasteiger partial charge in [-0.2, -0.15) is 0 Å². The highest BCUT2D eigenvalue weighted by Gasteiger charge is 2.21. The van der Waals surface area contributed by atoms with E-state index in [1.54, 1.807) is 13.8 Å². The van der Waals surface area contributed by atoms with E-state index in [-0.39, 0.29) is 115 Å². The van der Waals surface area contributed by atoms with Gasteiger partial charge in [0.05, 0.1) is 39.6 Å². The van der Waals surface area contributed by atoms with Crippen molar-refractivity contribution in [1.82, 2.24) is 21.3 Å². The molecule has 348 valence electrons. The Hall–Kier alpha value is -4.13. The summed E-state index contributed by atoms with van der Waals surface area (Å²) in [7, 11) is 0. The first kappa shape index (κ1) is 58.0. The lowest BCUT2D eigenvalue weighted by Gasteiger charge is -2.14. The maximum Gasteiger partial charge on any atom is 0.326 e. The van der Waals surface area contributed by atoms with Crippen molar-refractivity contribution in [3.63, 3.8) is 0 Å². The molecule has 2 atom stereocenters. The van der Waals surface area contributed by atoms with Crippen molar-refractivity contribution in [1.29, 1.82) is 0 Å². The molecule has 0 aliphatic carbocycles. The lowest BCUT2D eigenvalue weighted by molar-refractivity contribution is -0.142. The second-order valence-corrected chi connectivity index (χ2v) is 14.3. The Balaban J connectivity index is 0. The number of unbranched alkanes of at least 4 members (excludes halogenated alkanes) is 13. The largest absolute Gasteiger partial charge is 0.480 e. The zero-order valence-corrected chi connectivity index (χ0v) is 36.4. The minimum Gasteiger partial charge on any atom is -0.480 e. The van der Waals surface area contributed by atoms with Gasteiger partial charge in [-0.05, 0) is 38.8 Å². The average Bonchev–Trinajstić information content (AvgIpc) is 3.20. The molecule has 0 radical (unpaired) electrons. The normalized spacial score (nSPS) is 11.6. The van der Waals surface area contributed by atoms with Gasteiger partial charge in [0, 0.05) is 32.4 Å². The molecule has 0 aromatic rings. The fourth-order valence-corrected chi connectivity index (χ4v) is 5.59. The number of carbonyl (C=O) groups is 7. The van der Waals surface area contributed by atoms with E-state index in [0.29, 0.717) is 12.8 Å². The van der Waals surface area contributed by atoms with Crippen molar-refractivity contribution in [3.8, 4) is 0 Å². The molecule has 0 saturated carbocycles. The molecule has 18 heteroatoms. The molecule has 4 amide bonds. The van der Waals surface area contributed by atoms with Crippen molar-refractivity contribution >= 4 is 41.4 Å². The van der Waals surface area contributed by atoms with E-state index < -0.39 is 29.9 Å². The molecule has 0 bridgehead atoms. The van der Waals surface area contributed by atoms with E-state index in [4.69, 9.17) is 24.1 Å². The Morgan fingerprint density at radius 3 is 1.35 bits per heavy atom. The zero-order chi connectivity index (χ0) is 45.1. The van der Waals surface area contributed by atoms with Crippen molar-refractivity contribution in [3.05, 3.63) is 12.8 Å². The molecule has 0 aliphatic rings. The molecule has 8 N–H and O–H groups in total. The molecule has 0 heterocycles. The summed E-state index contributed by atoms with van der Waals surface area (Å²) in [5.41, 5.74) is 4.61. The van der Waals surface area contributed by atoms with Crippen LogP contribution in [0, 0.1) is 0 Å². The maximum atomic E-state index is 12.3. The average molecular weight is 860 g/mol. The highest BCUT2D eigenvalue weighted by Crippen LogP contribution is 2.14. The second-order valence-electron chi connectivity index (χ2n) is 14.3. The number of nitrogens with two attached hydrogens (primary N) is 1. The number of hydrogen-bond donors (Lipinski definition) is 7. The summed E-state index contributed by atoms with van der Waals surface area (Å²) in [6.45, 7) is 7.49. The predicted molar refractivity (Wildman–Crippen MR) is 227 cm³/mol. The topological polar surface area (TPSA) is 271 Å². The van der Waals surface area contributed by atoms with Crippen LogP contribution in [0.5, 0.6) is 0 Å². The first-order valence-corrected chi connectivity index (χ1v) is 21.6. The van der Waals surface area contributed by atoms with Crippen LogP contribution in [0.15, 0.2) is 12.8 Å². The third-order valence-electron chi connectivity index (χ3n) is 8.87. The van der Waals surface area contributed by atoms with Gasteiger partial charge in [0.25, 0.3) is 0 Å². The first-order chi connectivity index (χ1) is 28.9. The monoisotopic (exact) mass is 860 g/mol. The number of rotatable bonds is 41. The lowest BCUT2D eigenvalue weighted by Crippen LogP contribution is -2.42. The molecule has 0 unspecified atom stereocenters. The van der Waals surface area contributed by atoms with E-state index in [9.17, 15) is 38.7 Å². The smallest absolute Gasteiger partial charge is 0.326 e. The van der Waals surface area contributed by atoms with E-state index in [0.717, 1.165) is 32.1 Å². The summed E-state index contributed by atoms with van der Waals surface area (Å²) in [6, 6.07) is -2.09. The molecule has 0 fully saturated rings. The number of carboxylic acids is 2. The summed E-state index contributed by atoms with van der Waals surface area (Å²) in [4.78, 5) is 81.5. The molecule has 0 aromatic heterocycles. The summed E-state index contributed by atoms with van der Waals surface area (Å²) >= 11 is 0. The van der Waals surface area contributed by atoms with Crippen LogP contribution in [0.25, 0.3) is 0 Å². The Morgan fingerprint density at radius 1 is 0.533 bits per heavy atom. The number of carbonyl (C=O) groups excluding carboxylic acids is 5. The Bertz CT molecular complexity index is 1180. The quantitative estimate of drug-likeness (QED) is 0.0434. The molecule has 0 rings (SSSR count). The second kappa shape index (κ2) is 43.0. The van der Waals surface area contributed by atoms with Crippen LogP contribution in [-0.4, -0.2) is 130 Å². The Morgan fingerprint density at radius 2 is 0.917 bits per heavy atom. The molecule has 0 aliphatic heterocycles. The van der Waals surface area contributed by atoms with E-state index in [1.165, 1.54) is 57.6 Å². The van der Waals surface area contributed by atoms with Gasteiger partial charge in [0.1, 0.15) is 31.1 Å². The summed E-state index contributed by atoms with van der Waals surface area (Å²) in [5, 5.41) is 28.6. The van der Waals surface area contributed by atoms with Crippen molar-refractivity contribution in [2.75, 3.05) is 65.9 Å². The van der Waals surface area contributed by atoms with Gasteiger partial charge in [-0.1, -0.05) is 90.6 Å². The lowest BCUT2D eigenvalue weighted by atomic mass is 10.0. The number of nitrogens with one attached hydrogen (secondary N) is 4. The van der Waals surface area contributed by atoms with Crippen LogP contribution < -0.4 is 27.0 Å². The van der Waals surface area contributed by atoms with Gasteiger partial charge in [-0.15, -0.1) is 0 Å². The summed E-state index contributed by atoms with van der Waals surface area (Å²) < 4.78 is 21.1. The number of amides is 4. The number of carboxylic acid groups (broad SMARTS) is 2. The Labute approximate surface area is 357 Å². The van der Waals surface area contributed by atoms with Gasteiger partial charge in [0.15, 0.2) is 0 Å². The fraction of sp³-hybridized carbons (Fsp3) is 0.786. The van der Waals surface area contributed by atoms with Gasteiger partial charge in [-0.3, -0.25) is 19.2 Å². The van der Waals surface area contributed by atoms with Crippen molar-refractivity contribution < 1.29 is 62.7 Å². The molecule has 0 aromatic carbocycles. The molecular weight excluding hydrogens is 782 g/mol. The van der Waals surface area contributed by atoms with Crippen LogP contribution in [0.3, 0.4) is 0 Å². The number of hydrogen-bond acceptors (Lipinski definition) is 12. The van der Waals surface area contributed by atoms with Crippen molar-refractivity contribution in [2.45, 2.75) is 148 Å². The molecule has 0 saturated heterocycles. The standard InChI is InChI=1S/C40H72N4O13.C2H5N/c1-3-33(39(50)51)43-38(49)31-57-29-27-55-25-23-42-37(48)30-56-28-26-54-24-22-41-35(46)21-20-34(40(52)53)44-36(47)19-17-15-13-11-9-7-5-4-6-8-10-12-14-16-18-32(2)45;1-2-3/h33-34H,3-31H2,1-2H3,(H,41,46)(H,42,48)(H,43,49)(H,44,47)(H,50,51)(H,52,53);2H,1,3H2/t33-,34-;/m0./s1. The maximum absolute atomic E-state index is 12.3. The van der Waals surface area contributed by atoms with E-state index >= 15 is 0 Å². The highest BCUT2D eigenvalue weighted by molar-refractivity contribution is 5.85. The van der Waals surface area contributed by atoms with Crippen LogP contribution in [0.2, 0.25) is 0 Å². The Kier molecular flexibility index (Phi) is 41.5. The third-order valence-corrected chi connectivity index (χ3v) is 8.87. The molecule has 0 spiro atoms. The summed E-state index contributed by atoms with van der Waals surface area (Å²) in [6.07, 6.45) is 18.3. The van der Waals surface area contributed by atoms with Crippen LogP contribution in [-0.2, 0) is 52.5 Å². The van der Waals surface area contributed by atoms with E-state index in [1.807, 2.05) is 0 Å². The number of ether oxygens (including phenoxy) is 4. The van der Waals surface area contributed by atoms with Crippen molar-refractivity contribution in [2.24, 2.45) is 5.73 Å². The van der Waals surface area contributed by atoms with Gasteiger partial charge >= 0.3 is 11.9 Å². The SMILES string of the molecule is C=CN.CC[C@H](NC(=O)COCCOCCNC(=O)COCCOCCNC(=O)CC[C@H](NC(=O)CCCCCCCCCCCCCCCCC(C)=O)C(=O)O)C(=O)O. The van der Waals surface area contributed by atoms with Crippen LogP contribution in [0.4, 0.5) is 0 Å².